The van der Waals surface area contributed by atoms with E-state index >= 15 is 0 Å². The van der Waals surface area contributed by atoms with Crippen LogP contribution in [0.2, 0.25) is 0 Å². The highest BCUT2D eigenvalue weighted by Gasteiger charge is 2.30. The van der Waals surface area contributed by atoms with Crippen LogP contribution in [0.4, 0.5) is 0 Å². The second kappa shape index (κ2) is 6.35. The third-order valence-electron chi connectivity index (χ3n) is 4.54. The van der Waals surface area contributed by atoms with Gasteiger partial charge in [0.2, 0.25) is 0 Å². The highest BCUT2D eigenvalue weighted by atomic mass is 15.2. The molecule has 1 aliphatic carbocycles. The molecular weight excluding hydrogens is 220 g/mol. The summed E-state index contributed by atoms with van der Waals surface area (Å²) in [5.74, 6) is 7.35. The van der Waals surface area contributed by atoms with Gasteiger partial charge in [0.1, 0.15) is 0 Å². The summed E-state index contributed by atoms with van der Waals surface area (Å²) in [6, 6.07) is 9.13. The Balaban J connectivity index is 2.18. The molecule has 1 fully saturated rings. The van der Waals surface area contributed by atoms with E-state index in [1.165, 1.54) is 43.2 Å². The molecule has 2 nitrogen and oxygen atoms in total. The van der Waals surface area contributed by atoms with E-state index in [9.17, 15) is 0 Å². The SMILES string of the molecule is CCC1CCCCC1C(NN)c1ccc(C)cc1. The summed E-state index contributed by atoms with van der Waals surface area (Å²) in [6.07, 6.45) is 6.69. The molecule has 0 saturated heterocycles. The van der Waals surface area contributed by atoms with Gasteiger partial charge < -0.3 is 0 Å². The number of nitrogens with two attached hydrogens (primary N) is 1. The molecule has 1 aromatic rings. The number of aryl methyl sites for hydroxylation is 1. The molecule has 3 atom stereocenters. The van der Waals surface area contributed by atoms with Crippen LogP contribution in [0.25, 0.3) is 0 Å². The van der Waals surface area contributed by atoms with Gasteiger partial charge in [0.25, 0.3) is 0 Å². The Morgan fingerprint density at radius 2 is 1.89 bits per heavy atom. The summed E-state index contributed by atoms with van der Waals surface area (Å²) in [4.78, 5) is 0. The monoisotopic (exact) mass is 246 g/mol. The summed E-state index contributed by atoms with van der Waals surface area (Å²) in [6.45, 7) is 4.44. The van der Waals surface area contributed by atoms with Crippen LogP contribution in [0.1, 0.15) is 56.2 Å². The Morgan fingerprint density at radius 1 is 1.22 bits per heavy atom. The van der Waals surface area contributed by atoms with Crippen molar-refractivity contribution in [3.8, 4) is 0 Å². The Hall–Kier alpha value is -0.860. The van der Waals surface area contributed by atoms with E-state index in [-0.39, 0.29) is 0 Å². The highest BCUT2D eigenvalue weighted by molar-refractivity contribution is 5.24. The van der Waals surface area contributed by atoms with E-state index in [2.05, 4.69) is 43.5 Å². The van der Waals surface area contributed by atoms with Crippen LogP contribution in [-0.2, 0) is 0 Å². The second-order valence-electron chi connectivity index (χ2n) is 5.67. The summed E-state index contributed by atoms with van der Waals surface area (Å²) in [7, 11) is 0. The molecule has 1 aromatic carbocycles. The zero-order valence-corrected chi connectivity index (χ0v) is 11.7. The largest absolute Gasteiger partial charge is 0.271 e. The van der Waals surface area contributed by atoms with Crippen molar-refractivity contribution in [3.05, 3.63) is 35.4 Å². The van der Waals surface area contributed by atoms with Crippen LogP contribution in [0.5, 0.6) is 0 Å². The van der Waals surface area contributed by atoms with E-state index in [0.29, 0.717) is 12.0 Å². The van der Waals surface area contributed by atoms with E-state index in [1.807, 2.05) is 0 Å². The van der Waals surface area contributed by atoms with Gasteiger partial charge in [-0.05, 0) is 30.7 Å². The molecule has 0 radical (unpaired) electrons. The first-order valence-corrected chi connectivity index (χ1v) is 7.29. The molecule has 3 N–H and O–H groups in total. The molecule has 1 saturated carbocycles. The molecule has 2 rings (SSSR count). The minimum Gasteiger partial charge on any atom is -0.271 e. The number of hydrogen-bond donors (Lipinski definition) is 2. The molecule has 3 unspecified atom stereocenters. The van der Waals surface area contributed by atoms with Crippen molar-refractivity contribution in [2.45, 2.75) is 52.0 Å². The first-order chi connectivity index (χ1) is 8.76. The average molecular weight is 246 g/mol. The molecular formula is C16H26N2. The van der Waals surface area contributed by atoms with Crippen molar-refractivity contribution in [3.63, 3.8) is 0 Å². The fraction of sp³-hybridized carbons (Fsp3) is 0.625. The standard InChI is InChI=1S/C16H26N2/c1-3-13-6-4-5-7-15(13)16(18-17)14-10-8-12(2)9-11-14/h8-11,13,15-16,18H,3-7,17H2,1-2H3. The van der Waals surface area contributed by atoms with Crippen molar-refractivity contribution in [2.24, 2.45) is 17.7 Å². The number of hydrazine groups is 1. The Labute approximate surface area is 111 Å². The Kier molecular flexibility index (Phi) is 4.79. The van der Waals surface area contributed by atoms with Crippen LogP contribution < -0.4 is 11.3 Å². The smallest absolute Gasteiger partial charge is 0.0490 e. The van der Waals surface area contributed by atoms with Crippen molar-refractivity contribution in [1.82, 2.24) is 5.43 Å². The predicted octanol–water partition coefficient (Wildman–Crippen LogP) is 3.72. The lowest BCUT2D eigenvalue weighted by Gasteiger charge is -2.36. The van der Waals surface area contributed by atoms with Gasteiger partial charge in [0.05, 0.1) is 0 Å². The average Bonchev–Trinajstić information content (AvgIpc) is 2.42. The molecule has 1 aliphatic rings. The molecule has 100 valence electrons. The maximum absolute atomic E-state index is 5.84. The molecule has 2 heteroatoms. The lowest BCUT2D eigenvalue weighted by Crippen LogP contribution is -2.38. The van der Waals surface area contributed by atoms with E-state index in [1.54, 1.807) is 0 Å². The fourth-order valence-corrected chi connectivity index (χ4v) is 3.42. The van der Waals surface area contributed by atoms with E-state index in [4.69, 9.17) is 5.84 Å². The van der Waals surface area contributed by atoms with Crippen molar-refractivity contribution < 1.29 is 0 Å². The molecule has 18 heavy (non-hydrogen) atoms. The maximum atomic E-state index is 5.84. The Bertz CT molecular complexity index is 358. The summed E-state index contributed by atoms with van der Waals surface area (Å²) < 4.78 is 0. The second-order valence-corrected chi connectivity index (χ2v) is 5.67. The minimum absolute atomic E-state index is 0.316. The highest BCUT2D eigenvalue weighted by Crippen LogP contribution is 2.39. The van der Waals surface area contributed by atoms with Crippen LogP contribution in [0.15, 0.2) is 24.3 Å². The zero-order valence-electron chi connectivity index (χ0n) is 11.7. The van der Waals surface area contributed by atoms with Gasteiger partial charge in [0, 0.05) is 6.04 Å². The zero-order chi connectivity index (χ0) is 13.0. The van der Waals surface area contributed by atoms with Crippen LogP contribution in [0, 0.1) is 18.8 Å². The summed E-state index contributed by atoms with van der Waals surface area (Å²) in [5.41, 5.74) is 5.72. The minimum atomic E-state index is 0.316. The summed E-state index contributed by atoms with van der Waals surface area (Å²) >= 11 is 0. The van der Waals surface area contributed by atoms with Gasteiger partial charge in [-0.1, -0.05) is 62.4 Å². The normalized spacial score (nSPS) is 25.9. The predicted molar refractivity (Wildman–Crippen MR) is 77.0 cm³/mol. The number of nitrogens with one attached hydrogen (secondary N) is 1. The van der Waals surface area contributed by atoms with Crippen molar-refractivity contribution in [2.75, 3.05) is 0 Å². The lowest BCUT2D eigenvalue weighted by atomic mass is 9.72. The van der Waals surface area contributed by atoms with Crippen molar-refractivity contribution >= 4 is 0 Å². The van der Waals surface area contributed by atoms with E-state index < -0.39 is 0 Å². The van der Waals surface area contributed by atoms with Gasteiger partial charge in [-0.2, -0.15) is 0 Å². The van der Waals surface area contributed by atoms with Gasteiger partial charge in [-0.25, -0.2) is 0 Å². The van der Waals surface area contributed by atoms with Gasteiger partial charge in [-0.3, -0.25) is 11.3 Å². The Morgan fingerprint density at radius 3 is 2.50 bits per heavy atom. The van der Waals surface area contributed by atoms with Gasteiger partial charge in [-0.15, -0.1) is 0 Å². The van der Waals surface area contributed by atoms with Crippen LogP contribution >= 0.6 is 0 Å². The van der Waals surface area contributed by atoms with Crippen molar-refractivity contribution in [1.29, 1.82) is 0 Å². The quantitative estimate of drug-likeness (QED) is 0.628. The fourth-order valence-electron chi connectivity index (χ4n) is 3.42. The molecule has 0 aliphatic heterocycles. The number of hydrogen-bond acceptors (Lipinski definition) is 2. The first-order valence-electron chi connectivity index (χ1n) is 7.29. The topological polar surface area (TPSA) is 38.0 Å². The molecule has 0 amide bonds. The van der Waals surface area contributed by atoms with Gasteiger partial charge in [0.15, 0.2) is 0 Å². The number of benzene rings is 1. The molecule has 0 spiro atoms. The molecule has 0 heterocycles. The lowest BCUT2D eigenvalue weighted by molar-refractivity contribution is 0.176. The third-order valence-corrected chi connectivity index (χ3v) is 4.54. The van der Waals surface area contributed by atoms with Gasteiger partial charge >= 0.3 is 0 Å². The molecule has 0 aromatic heterocycles. The van der Waals surface area contributed by atoms with Crippen LogP contribution in [0.3, 0.4) is 0 Å². The molecule has 0 bridgehead atoms. The number of rotatable bonds is 4. The third kappa shape index (κ3) is 2.93. The van der Waals surface area contributed by atoms with Crippen LogP contribution in [-0.4, -0.2) is 0 Å². The van der Waals surface area contributed by atoms with E-state index in [0.717, 1.165) is 5.92 Å². The maximum Gasteiger partial charge on any atom is 0.0490 e. The summed E-state index contributed by atoms with van der Waals surface area (Å²) in [5, 5.41) is 0. The first kappa shape index (κ1) is 13.6.